The maximum absolute atomic E-state index is 10.4. The number of aliphatic hydroxyl groups is 1. The first-order valence-electron chi connectivity index (χ1n) is 6.56. The van der Waals surface area contributed by atoms with Crippen molar-refractivity contribution in [2.45, 2.75) is 32.4 Å². The van der Waals surface area contributed by atoms with Gasteiger partial charge in [-0.05, 0) is 38.1 Å². The van der Waals surface area contributed by atoms with E-state index in [1.165, 1.54) is 0 Å². The summed E-state index contributed by atoms with van der Waals surface area (Å²) in [5.74, 6) is 0.630. The van der Waals surface area contributed by atoms with E-state index in [2.05, 4.69) is 18.9 Å². The van der Waals surface area contributed by atoms with Crippen molar-refractivity contribution in [2.75, 3.05) is 7.11 Å². The minimum atomic E-state index is -0.695. The van der Waals surface area contributed by atoms with Crippen LogP contribution in [-0.2, 0) is 6.42 Å². The normalized spacial score (nSPS) is 12.7. The van der Waals surface area contributed by atoms with Crippen molar-refractivity contribution < 1.29 is 9.84 Å². The Labute approximate surface area is 123 Å². The van der Waals surface area contributed by atoms with Gasteiger partial charge in [-0.25, -0.2) is 0 Å². The third-order valence-electron chi connectivity index (χ3n) is 3.15. The molecule has 0 bridgehead atoms. The second-order valence-electron chi connectivity index (χ2n) is 4.99. The summed E-state index contributed by atoms with van der Waals surface area (Å²) in [7, 11) is 1.58. The lowest BCUT2D eigenvalue weighted by molar-refractivity contribution is 0.172. The smallest absolute Gasteiger partial charge is 0.124 e. The largest absolute Gasteiger partial charge is 0.496 e. The Bertz CT molecular complexity index is 581. The minimum absolute atomic E-state index is 0.307. The van der Waals surface area contributed by atoms with Crippen LogP contribution in [0.15, 0.2) is 30.5 Å². The Morgan fingerprint density at radius 3 is 2.70 bits per heavy atom. The lowest BCUT2D eigenvalue weighted by Crippen LogP contribution is -2.06. The maximum atomic E-state index is 10.4. The molecule has 4 nitrogen and oxygen atoms in total. The van der Waals surface area contributed by atoms with Crippen LogP contribution in [0.25, 0.3) is 0 Å². The number of rotatable bonds is 5. The molecule has 0 amide bonds. The predicted octanol–water partition coefficient (Wildman–Crippen LogP) is 3.40. The zero-order valence-corrected chi connectivity index (χ0v) is 12.6. The van der Waals surface area contributed by atoms with Crippen LogP contribution in [0.5, 0.6) is 5.75 Å². The van der Waals surface area contributed by atoms with E-state index in [0.717, 1.165) is 5.69 Å². The Hall–Kier alpha value is -1.52. The summed E-state index contributed by atoms with van der Waals surface area (Å²) >= 11 is 5.98. The summed E-state index contributed by atoms with van der Waals surface area (Å²) in [6.45, 7) is 4.13. The fourth-order valence-electron chi connectivity index (χ4n) is 2.05. The Balaban J connectivity index is 2.18. The molecule has 0 aliphatic heterocycles. The molecule has 0 radical (unpaired) electrons. The van der Waals surface area contributed by atoms with Crippen LogP contribution in [-0.4, -0.2) is 22.0 Å². The standard InChI is InChI=1S/C15H19ClN2O2/c1-10(2)18-7-6-12(17-18)9-14(19)13-8-11(16)4-5-15(13)20-3/h4-8,10,14,19H,9H2,1-3H3. The topological polar surface area (TPSA) is 47.3 Å². The molecule has 5 heteroatoms. The van der Waals surface area contributed by atoms with Crippen molar-refractivity contribution in [3.8, 4) is 5.75 Å². The Morgan fingerprint density at radius 2 is 2.10 bits per heavy atom. The molecule has 2 aromatic rings. The number of halogens is 1. The highest BCUT2D eigenvalue weighted by Crippen LogP contribution is 2.30. The molecule has 2 rings (SSSR count). The minimum Gasteiger partial charge on any atom is -0.496 e. The van der Waals surface area contributed by atoms with Crippen LogP contribution < -0.4 is 4.74 Å². The quantitative estimate of drug-likeness (QED) is 0.919. The Morgan fingerprint density at radius 1 is 1.35 bits per heavy atom. The first-order chi connectivity index (χ1) is 9.51. The van der Waals surface area contributed by atoms with E-state index < -0.39 is 6.10 Å². The zero-order chi connectivity index (χ0) is 14.7. The van der Waals surface area contributed by atoms with E-state index in [9.17, 15) is 5.11 Å². The van der Waals surface area contributed by atoms with E-state index in [1.54, 1.807) is 25.3 Å². The van der Waals surface area contributed by atoms with Crippen LogP contribution in [0.4, 0.5) is 0 Å². The third kappa shape index (κ3) is 3.32. The van der Waals surface area contributed by atoms with Crippen molar-refractivity contribution in [2.24, 2.45) is 0 Å². The molecule has 1 N–H and O–H groups in total. The average molecular weight is 295 g/mol. The Kier molecular flexibility index (Phi) is 4.68. The summed E-state index contributed by atoms with van der Waals surface area (Å²) in [6, 6.07) is 7.45. The molecule has 108 valence electrons. The number of benzene rings is 1. The van der Waals surface area contributed by atoms with Gasteiger partial charge in [0, 0.05) is 29.2 Å². The molecule has 1 aromatic carbocycles. The van der Waals surface area contributed by atoms with Crippen molar-refractivity contribution in [3.05, 3.63) is 46.7 Å². The molecule has 0 saturated heterocycles. The van der Waals surface area contributed by atoms with Crippen molar-refractivity contribution in [3.63, 3.8) is 0 Å². The second kappa shape index (κ2) is 6.29. The molecule has 0 aliphatic rings. The van der Waals surface area contributed by atoms with Gasteiger partial charge in [0.15, 0.2) is 0 Å². The van der Waals surface area contributed by atoms with Crippen LogP contribution in [0.2, 0.25) is 5.02 Å². The van der Waals surface area contributed by atoms with E-state index in [1.807, 2.05) is 16.9 Å². The van der Waals surface area contributed by atoms with Gasteiger partial charge < -0.3 is 9.84 Å². The molecule has 20 heavy (non-hydrogen) atoms. The molecule has 1 unspecified atom stereocenters. The number of nitrogens with zero attached hydrogens (tertiary/aromatic N) is 2. The first-order valence-corrected chi connectivity index (χ1v) is 6.94. The fourth-order valence-corrected chi connectivity index (χ4v) is 2.23. The van der Waals surface area contributed by atoms with Crippen LogP contribution in [0, 0.1) is 0 Å². The van der Waals surface area contributed by atoms with Gasteiger partial charge in [-0.1, -0.05) is 11.6 Å². The van der Waals surface area contributed by atoms with Crippen molar-refractivity contribution in [1.29, 1.82) is 0 Å². The number of hydrogen-bond acceptors (Lipinski definition) is 3. The lowest BCUT2D eigenvalue weighted by Gasteiger charge is -2.14. The predicted molar refractivity (Wildman–Crippen MR) is 79.3 cm³/mol. The van der Waals surface area contributed by atoms with E-state index in [4.69, 9.17) is 16.3 Å². The number of methoxy groups -OCH3 is 1. The first kappa shape index (κ1) is 14.9. The van der Waals surface area contributed by atoms with Crippen molar-refractivity contribution in [1.82, 2.24) is 9.78 Å². The highest BCUT2D eigenvalue weighted by molar-refractivity contribution is 6.30. The van der Waals surface area contributed by atoms with Crippen LogP contribution >= 0.6 is 11.6 Å². The second-order valence-corrected chi connectivity index (χ2v) is 5.42. The van der Waals surface area contributed by atoms with Gasteiger partial charge in [-0.3, -0.25) is 4.68 Å². The van der Waals surface area contributed by atoms with E-state index >= 15 is 0 Å². The molecule has 0 saturated carbocycles. The third-order valence-corrected chi connectivity index (χ3v) is 3.38. The summed E-state index contributed by atoms with van der Waals surface area (Å²) in [5.41, 5.74) is 1.52. The van der Waals surface area contributed by atoms with Gasteiger partial charge in [0.05, 0.1) is 18.9 Å². The van der Waals surface area contributed by atoms with Crippen LogP contribution in [0.1, 0.15) is 37.3 Å². The molecule has 0 spiro atoms. The van der Waals surface area contributed by atoms with E-state index in [0.29, 0.717) is 28.8 Å². The molecule has 1 heterocycles. The molecule has 1 aromatic heterocycles. The lowest BCUT2D eigenvalue weighted by atomic mass is 10.0. The summed E-state index contributed by atoms with van der Waals surface area (Å²) in [5, 5.41) is 15.4. The zero-order valence-electron chi connectivity index (χ0n) is 11.9. The van der Waals surface area contributed by atoms with Gasteiger partial charge >= 0.3 is 0 Å². The summed E-state index contributed by atoms with van der Waals surface area (Å²) in [6.07, 6.45) is 1.65. The molecule has 1 atom stereocenters. The molecular weight excluding hydrogens is 276 g/mol. The monoisotopic (exact) mass is 294 g/mol. The number of aromatic nitrogens is 2. The SMILES string of the molecule is COc1ccc(Cl)cc1C(O)Cc1ccn(C(C)C)n1. The molecule has 0 aliphatic carbocycles. The highest BCUT2D eigenvalue weighted by atomic mass is 35.5. The fraction of sp³-hybridized carbons (Fsp3) is 0.400. The average Bonchev–Trinajstić information content (AvgIpc) is 2.87. The van der Waals surface area contributed by atoms with Gasteiger partial charge in [0.1, 0.15) is 5.75 Å². The van der Waals surface area contributed by atoms with Crippen LogP contribution in [0.3, 0.4) is 0 Å². The molecule has 0 fully saturated rings. The highest BCUT2D eigenvalue weighted by Gasteiger charge is 2.16. The van der Waals surface area contributed by atoms with Gasteiger partial charge in [-0.15, -0.1) is 0 Å². The summed E-state index contributed by atoms with van der Waals surface area (Å²) in [4.78, 5) is 0. The number of ether oxygens (including phenoxy) is 1. The van der Waals surface area contributed by atoms with Gasteiger partial charge in [0.2, 0.25) is 0 Å². The summed E-state index contributed by atoms with van der Waals surface area (Å²) < 4.78 is 7.13. The van der Waals surface area contributed by atoms with Crippen molar-refractivity contribution >= 4 is 11.6 Å². The van der Waals surface area contributed by atoms with Gasteiger partial charge in [-0.2, -0.15) is 5.10 Å². The van der Waals surface area contributed by atoms with Gasteiger partial charge in [0.25, 0.3) is 0 Å². The number of hydrogen-bond donors (Lipinski definition) is 1. The number of aliphatic hydroxyl groups excluding tert-OH is 1. The molecular formula is C15H19ClN2O2. The van der Waals surface area contributed by atoms with E-state index in [-0.39, 0.29) is 0 Å². The maximum Gasteiger partial charge on any atom is 0.124 e.